The average molecular weight is 263 g/mol. The Hall–Kier alpha value is -2.09. The molecule has 0 saturated heterocycles. The molecule has 1 aliphatic heterocycles. The van der Waals surface area contributed by atoms with Gasteiger partial charge in [0, 0.05) is 13.1 Å². The van der Waals surface area contributed by atoms with Crippen LogP contribution < -0.4 is 0 Å². The fourth-order valence-electron chi connectivity index (χ4n) is 3.29. The zero-order valence-corrected chi connectivity index (χ0v) is 11.4. The molecule has 4 rings (SSSR count). The van der Waals surface area contributed by atoms with Crippen molar-refractivity contribution in [2.45, 2.75) is 31.3 Å². The van der Waals surface area contributed by atoms with Gasteiger partial charge in [-0.1, -0.05) is 54.6 Å². The molecule has 100 valence electrons. The minimum Gasteiger partial charge on any atom is -0.333 e. The molecule has 0 radical (unpaired) electrons. The normalized spacial score (nSPS) is 18.7. The number of hydrogen-bond donors (Lipinski definition) is 0. The molecule has 0 aromatic heterocycles. The van der Waals surface area contributed by atoms with Crippen molar-refractivity contribution in [1.82, 2.24) is 4.90 Å². The van der Waals surface area contributed by atoms with E-state index in [1.54, 1.807) is 0 Å². The molecule has 1 amide bonds. The molecule has 20 heavy (non-hydrogen) atoms. The minimum absolute atomic E-state index is 0.233. The van der Waals surface area contributed by atoms with E-state index in [1.807, 2.05) is 23.1 Å². The van der Waals surface area contributed by atoms with Crippen LogP contribution in [0.5, 0.6) is 0 Å². The molecule has 1 saturated carbocycles. The van der Waals surface area contributed by atoms with Crippen molar-refractivity contribution in [2.75, 3.05) is 0 Å². The van der Waals surface area contributed by atoms with Gasteiger partial charge in [0.1, 0.15) is 0 Å². The summed E-state index contributed by atoms with van der Waals surface area (Å²) in [7, 11) is 0. The number of rotatable bonds is 2. The van der Waals surface area contributed by atoms with Crippen LogP contribution >= 0.6 is 0 Å². The summed E-state index contributed by atoms with van der Waals surface area (Å²) in [6.45, 7) is 1.53. The molecule has 2 aromatic carbocycles. The summed E-state index contributed by atoms with van der Waals surface area (Å²) in [5, 5.41) is 0. The Morgan fingerprint density at radius 2 is 1.40 bits per heavy atom. The molecule has 0 unspecified atom stereocenters. The average Bonchev–Trinajstić information content (AvgIpc) is 3.20. The molecule has 1 aliphatic carbocycles. The van der Waals surface area contributed by atoms with Crippen LogP contribution in [0.2, 0.25) is 0 Å². The minimum atomic E-state index is -0.233. The molecule has 0 N–H and O–H groups in total. The van der Waals surface area contributed by atoms with Crippen LogP contribution in [0, 0.1) is 0 Å². The van der Waals surface area contributed by atoms with Gasteiger partial charge in [-0.15, -0.1) is 0 Å². The Kier molecular flexibility index (Phi) is 2.46. The van der Waals surface area contributed by atoms with E-state index in [1.165, 1.54) is 16.7 Å². The summed E-state index contributed by atoms with van der Waals surface area (Å²) in [4.78, 5) is 14.9. The second kappa shape index (κ2) is 4.20. The topological polar surface area (TPSA) is 20.3 Å². The highest BCUT2D eigenvalue weighted by Gasteiger charge is 2.53. The smallest absolute Gasteiger partial charge is 0.233 e. The molecule has 2 aromatic rings. The number of amides is 1. The maximum absolute atomic E-state index is 12.9. The van der Waals surface area contributed by atoms with Gasteiger partial charge in [-0.05, 0) is 29.5 Å². The van der Waals surface area contributed by atoms with Crippen LogP contribution in [0.3, 0.4) is 0 Å². The summed E-state index contributed by atoms with van der Waals surface area (Å²) in [6, 6.07) is 18.6. The van der Waals surface area contributed by atoms with Crippen molar-refractivity contribution in [3.05, 3.63) is 71.3 Å². The summed E-state index contributed by atoms with van der Waals surface area (Å²) >= 11 is 0. The largest absolute Gasteiger partial charge is 0.333 e. The van der Waals surface area contributed by atoms with Gasteiger partial charge in [0.05, 0.1) is 5.41 Å². The molecule has 0 atom stereocenters. The van der Waals surface area contributed by atoms with Crippen molar-refractivity contribution in [1.29, 1.82) is 0 Å². The lowest BCUT2D eigenvalue weighted by molar-refractivity contribution is -0.134. The van der Waals surface area contributed by atoms with Crippen molar-refractivity contribution in [2.24, 2.45) is 0 Å². The summed E-state index contributed by atoms with van der Waals surface area (Å²) in [6.07, 6.45) is 1.98. The second-order valence-electron chi connectivity index (χ2n) is 5.88. The van der Waals surface area contributed by atoms with E-state index in [0.717, 1.165) is 25.9 Å². The van der Waals surface area contributed by atoms with Gasteiger partial charge < -0.3 is 4.90 Å². The third-order valence-electron chi connectivity index (χ3n) is 4.61. The quantitative estimate of drug-likeness (QED) is 0.814. The monoisotopic (exact) mass is 263 g/mol. The van der Waals surface area contributed by atoms with Crippen molar-refractivity contribution in [3.8, 4) is 0 Å². The molecule has 0 bridgehead atoms. The maximum Gasteiger partial charge on any atom is 0.233 e. The van der Waals surface area contributed by atoms with E-state index in [0.29, 0.717) is 5.91 Å². The first-order valence-electron chi connectivity index (χ1n) is 7.21. The number of fused-ring (bicyclic) bond motifs is 1. The standard InChI is InChI=1S/C18H17NO/c20-17(18(10-11-18)16-8-2-1-3-9-16)19-12-14-6-4-5-7-15(14)13-19/h1-9H,10-13H2. The Morgan fingerprint density at radius 3 is 1.95 bits per heavy atom. The number of carbonyl (C=O) groups excluding carboxylic acids is 1. The zero-order chi connectivity index (χ0) is 13.6. The summed E-state index contributed by atoms with van der Waals surface area (Å²) in [5.41, 5.74) is 3.54. The lowest BCUT2D eigenvalue weighted by Crippen LogP contribution is -2.35. The Morgan fingerprint density at radius 1 is 0.850 bits per heavy atom. The van der Waals surface area contributed by atoms with Gasteiger partial charge in [0.2, 0.25) is 5.91 Å². The predicted molar refractivity (Wildman–Crippen MR) is 78.1 cm³/mol. The first kappa shape index (κ1) is 11.7. The van der Waals surface area contributed by atoms with E-state index in [-0.39, 0.29) is 5.41 Å². The Labute approximate surface area is 119 Å². The molecule has 2 nitrogen and oxygen atoms in total. The molecule has 2 heteroatoms. The third-order valence-corrected chi connectivity index (χ3v) is 4.61. The van der Waals surface area contributed by atoms with Crippen molar-refractivity contribution in [3.63, 3.8) is 0 Å². The van der Waals surface area contributed by atoms with Crippen LogP contribution in [0.25, 0.3) is 0 Å². The predicted octanol–water partition coefficient (Wildman–Crippen LogP) is 3.26. The lowest BCUT2D eigenvalue weighted by Gasteiger charge is -2.23. The van der Waals surface area contributed by atoms with E-state index in [9.17, 15) is 4.79 Å². The van der Waals surface area contributed by atoms with Crippen LogP contribution in [0.1, 0.15) is 29.5 Å². The second-order valence-corrected chi connectivity index (χ2v) is 5.88. The first-order chi connectivity index (χ1) is 9.79. The summed E-state index contributed by atoms with van der Waals surface area (Å²) < 4.78 is 0. The van der Waals surface area contributed by atoms with Crippen LogP contribution in [-0.4, -0.2) is 10.8 Å². The highest BCUT2D eigenvalue weighted by Crippen LogP contribution is 2.50. The highest BCUT2D eigenvalue weighted by molar-refractivity contribution is 5.91. The lowest BCUT2D eigenvalue weighted by atomic mass is 9.94. The molecular weight excluding hydrogens is 246 g/mol. The van der Waals surface area contributed by atoms with E-state index in [2.05, 4.69) is 36.4 Å². The summed E-state index contributed by atoms with van der Waals surface area (Å²) in [5.74, 6) is 0.305. The van der Waals surface area contributed by atoms with E-state index >= 15 is 0 Å². The van der Waals surface area contributed by atoms with Gasteiger partial charge in [0.15, 0.2) is 0 Å². The Balaban J connectivity index is 1.61. The fourth-order valence-corrected chi connectivity index (χ4v) is 3.29. The molecule has 2 aliphatic rings. The molecular formula is C18H17NO. The maximum atomic E-state index is 12.9. The highest BCUT2D eigenvalue weighted by atomic mass is 16.2. The molecule has 1 fully saturated rings. The fraction of sp³-hybridized carbons (Fsp3) is 0.278. The van der Waals surface area contributed by atoms with Gasteiger partial charge >= 0.3 is 0 Å². The van der Waals surface area contributed by atoms with Gasteiger partial charge in [-0.3, -0.25) is 4.79 Å². The van der Waals surface area contributed by atoms with E-state index in [4.69, 9.17) is 0 Å². The van der Waals surface area contributed by atoms with Crippen LogP contribution in [-0.2, 0) is 23.3 Å². The number of hydrogen-bond acceptors (Lipinski definition) is 1. The van der Waals surface area contributed by atoms with Crippen molar-refractivity contribution >= 4 is 5.91 Å². The van der Waals surface area contributed by atoms with E-state index < -0.39 is 0 Å². The van der Waals surface area contributed by atoms with Gasteiger partial charge in [0.25, 0.3) is 0 Å². The Bertz CT molecular complexity index is 633. The molecule has 1 heterocycles. The zero-order valence-electron chi connectivity index (χ0n) is 11.4. The first-order valence-corrected chi connectivity index (χ1v) is 7.21. The molecule has 0 spiro atoms. The number of carbonyl (C=O) groups is 1. The van der Waals surface area contributed by atoms with Crippen molar-refractivity contribution < 1.29 is 4.79 Å². The number of benzene rings is 2. The van der Waals surface area contributed by atoms with Crippen LogP contribution in [0.15, 0.2) is 54.6 Å². The van der Waals surface area contributed by atoms with Crippen LogP contribution in [0.4, 0.5) is 0 Å². The SMILES string of the molecule is O=C(N1Cc2ccccc2C1)C1(c2ccccc2)CC1. The van der Waals surface area contributed by atoms with Gasteiger partial charge in [-0.25, -0.2) is 0 Å². The number of nitrogens with zero attached hydrogens (tertiary/aromatic N) is 1. The van der Waals surface area contributed by atoms with Gasteiger partial charge in [-0.2, -0.15) is 0 Å². The third kappa shape index (κ3) is 1.68.